The van der Waals surface area contributed by atoms with Crippen LogP contribution in [0.4, 0.5) is 0 Å². The summed E-state index contributed by atoms with van der Waals surface area (Å²) in [5.41, 5.74) is -0.300. The highest BCUT2D eigenvalue weighted by atomic mass is 32.2. The summed E-state index contributed by atoms with van der Waals surface area (Å²) in [4.78, 5) is 13.6. The third-order valence-corrected chi connectivity index (χ3v) is 5.38. The zero-order valence-electron chi connectivity index (χ0n) is 11.4. The van der Waals surface area contributed by atoms with E-state index in [1.165, 1.54) is 10.6 Å². The van der Waals surface area contributed by atoms with Crippen LogP contribution in [0.15, 0.2) is 0 Å². The second-order valence-corrected chi connectivity index (χ2v) is 7.51. The number of hydrogen-bond donors (Lipinski definition) is 0. The molecule has 2 fully saturated rings. The highest BCUT2D eigenvalue weighted by Crippen LogP contribution is 2.29. The van der Waals surface area contributed by atoms with Crippen molar-refractivity contribution in [3.05, 3.63) is 0 Å². The van der Waals surface area contributed by atoms with Crippen LogP contribution >= 0.6 is 0 Å². The van der Waals surface area contributed by atoms with Gasteiger partial charge in [-0.1, -0.05) is 0 Å². The van der Waals surface area contributed by atoms with Gasteiger partial charge in [0.05, 0.1) is 6.26 Å². The number of sulfonamides is 1. The van der Waals surface area contributed by atoms with Crippen molar-refractivity contribution in [3.8, 4) is 0 Å². The van der Waals surface area contributed by atoms with E-state index in [9.17, 15) is 13.2 Å². The maximum absolute atomic E-state index is 11.4. The molecule has 2 rings (SSSR count). The van der Waals surface area contributed by atoms with Crippen LogP contribution in [0.1, 0.15) is 12.8 Å². The van der Waals surface area contributed by atoms with E-state index in [1.54, 1.807) is 0 Å². The number of nitrogens with zero attached hydrogens (tertiary/aromatic N) is 2. The van der Waals surface area contributed by atoms with E-state index in [0.717, 1.165) is 25.7 Å². The van der Waals surface area contributed by atoms with Crippen LogP contribution in [0, 0.1) is 5.41 Å². The Bertz CT molecular complexity index is 409. The molecular weight excluding hydrogens is 268 g/mol. The average Bonchev–Trinajstić information content (AvgIpc) is 2.39. The normalized spacial score (nSPS) is 26.2. The number of piperazine rings is 1. The van der Waals surface area contributed by atoms with Gasteiger partial charge in [0, 0.05) is 51.4 Å². The number of carbonyl (C=O) groups excluding carboxylic acids is 1. The minimum atomic E-state index is -3.09. The van der Waals surface area contributed by atoms with Crippen molar-refractivity contribution in [1.29, 1.82) is 0 Å². The van der Waals surface area contributed by atoms with Crippen LogP contribution in [0.5, 0.6) is 0 Å². The van der Waals surface area contributed by atoms with Crippen LogP contribution < -0.4 is 0 Å². The zero-order valence-corrected chi connectivity index (χ0v) is 12.2. The second-order valence-electron chi connectivity index (χ2n) is 5.53. The zero-order chi connectivity index (χ0) is 13.9. The molecule has 0 unspecified atom stereocenters. The monoisotopic (exact) mass is 290 g/mol. The third kappa shape index (κ3) is 3.75. The molecule has 0 bridgehead atoms. The fraction of sp³-hybridized carbons (Fsp3) is 0.917. The van der Waals surface area contributed by atoms with Crippen LogP contribution in [0.2, 0.25) is 0 Å². The molecule has 0 saturated carbocycles. The molecule has 0 N–H and O–H groups in total. The Labute approximate surface area is 114 Å². The first-order valence-electron chi connectivity index (χ1n) is 6.67. The van der Waals surface area contributed by atoms with Gasteiger partial charge in [-0.05, 0) is 12.8 Å². The summed E-state index contributed by atoms with van der Waals surface area (Å²) in [5.74, 6) is 0. The van der Waals surface area contributed by atoms with Gasteiger partial charge in [-0.3, -0.25) is 4.90 Å². The molecule has 2 heterocycles. The van der Waals surface area contributed by atoms with Crippen LogP contribution in [-0.4, -0.2) is 76.1 Å². The lowest BCUT2D eigenvalue weighted by atomic mass is 9.81. The molecule has 0 aromatic carbocycles. The molecule has 19 heavy (non-hydrogen) atoms. The molecule has 0 aliphatic carbocycles. The Balaban J connectivity index is 1.89. The number of carbonyl (C=O) groups is 1. The van der Waals surface area contributed by atoms with E-state index >= 15 is 0 Å². The van der Waals surface area contributed by atoms with Crippen molar-refractivity contribution in [3.63, 3.8) is 0 Å². The fourth-order valence-corrected chi connectivity index (χ4v) is 3.58. The predicted molar refractivity (Wildman–Crippen MR) is 71.4 cm³/mol. The first kappa shape index (κ1) is 14.9. The van der Waals surface area contributed by atoms with Gasteiger partial charge in [0.2, 0.25) is 10.0 Å². The lowest BCUT2D eigenvalue weighted by molar-refractivity contribution is -0.123. The minimum absolute atomic E-state index is 0.300. The van der Waals surface area contributed by atoms with Gasteiger partial charge in [0.15, 0.2) is 0 Å². The summed E-state index contributed by atoms with van der Waals surface area (Å²) in [5, 5.41) is 0. The van der Waals surface area contributed by atoms with Crippen molar-refractivity contribution in [2.45, 2.75) is 12.8 Å². The summed E-state index contributed by atoms with van der Waals surface area (Å²) in [7, 11) is -3.09. The summed E-state index contributed by atoms with van der Waals surface area (Å²) in [6.07, 6.45) is 3.85. The Morgan fingerprint density at radius 3 is 2.21 bits per heavy atom. The second kappa shape index (κ2) is 5.87. The number of hydrogen-bond acceptors (Lipinski definition) is 5. The van der Waals surface area contributed by atoms with E-state index in [-0.39, 0.29) is 5.41 Å². The van der Waals surface area contributed by atoms with Crippen LogP contribution in [-0.2, 0) is 19.6 Å². The lowest BCUT2D eigenvalue weighted by Crippen LogP contribution is -2.52. The summed E-state index contributed by atoms with van der Waals surface area (Å²) < 4.78 is 29.7. The van der Waals surface area contributed by atoms with E-state index in [2.05, 4.69) is 4.90 Å². The molecule has 0 amide bonds. The highest BCUT2D eigenvalue weighted by molar-refractivity contribution is 7.88. The van der Waals surface area contributed by atoms with Gasteiger partial charge < -0.3 is 9.53 Å². The first-order chi connectivity index (χ1) is 8.95. The largest absolute Gasteiger partial charge is 0.381 e. The van der Waals surface area contributed by atoms with E-state index in [1.807, 2.05) is 0 Å². The molecule has 2 saturated heterocycles. The molecule has 2 aliphatic heterocycles. The van der Waals surface area contributed by atoms with Crippen LogP contribution in [0.25, 0.3) is 0 Å². The molecule has 0 aromatic heterocycles. The molecule has 2 aliphatic rings. The Morgan fingerprint density at radius 1 is 1.16 bits per heavy atom. The van der Waals surface area contributed by atoms with Crippen molar-refractivity contribution >= 4 is 16.3 Å². The van der Waals surface area contributed by atoms with Gasteiger partial charge in [0.1, 0.15) is 6.29 Å². The third-order valence-electron chi connectivity index (χ3n) is 4.08. The maximum Gasteiger partial charge on any atom is 0.211 e. The van der Waals surface area contributed by atoms with Crippen molar-refractivity contribution in [1.82, 2.24) is 9.21 Å². The Kier molecular flexibility index (Phi) is 4.60. The topological polar surface area (TPSA) is 66.9 Å². The molecule has 110 valence electrons. The highest BCUT2D eigenvalue weighted by Gasteiger charge is 2.35. The molecular formula is C12H22N2O4S. The lowest BCUT2D eigenvalue weighted by Gasteiger charge is -2.40. The molecule has 0 atom stereocenters. The fourth-order valence-electron chi connectivity index (χ4n) is 2.76. The molecule has 0 radical (unpaired) electrons. The minimum Gasteiger partial charge on any atom is -0.381 e. The smallest absolute Gasteiger partial charge is 0.211 e. The quantitative estimate of drug-likeness (QED) is 0.657. The molecule has 0 spiro atoms. The van der Waals surface area contributed by atoms with Gasteiger partial charge in [-0.15, -0.1) is 0 Å². The summed E-state index contributed by atoms with van der Waals surface area (Å²) in [6, 6.07) is 0. The Hall–Kier alpha value is -0.500. The van der Waals surface area contributed by atoms with E-state index in [0.29, 0.717) is 39.4 Å². The average molecular weight is 290 g/mol. The Morgan fingerprint density at radius 2 is 1.74 bits per heavy atom. The van der Waals surface area contributed by atoms with Gasteiger partial charge in [-0.2, -0.15) is 4.31 Å². The summed E-state index contributed by atoms with van der Waals surface area (Å²) in [6.45, 7) is 4.43. The van der Waals surface area contributed by atoms with Crippen molar-refractivity contribution in [2.24, 2.45) is 5.41 Å². The number of rotatable bonds is 4. The van der Waals surface area contributed by atoms with Crippen molar-refractivity contribution in [2.75, 3.05) is 52.2 Å². The molecule has 6 nitrogen and oxygen atoms in total. The van der Waals surface area contributed by atoms with Crippen molar-refractivity contribution < 1.29 is 17.9 Å². The van der Waals surface area contributed by atoms with E-state index < -0.39 is 10.0 Å². The number of aldehydes is 1. The predicted octanol–water partition coefficient (Wildman–Crippen LogP) is -0.441. The summed E-state index contributed by atoms with van der Waals surface area (Å²) >= 11 is 0. The number of ether oxygens (including phenoxy) is 1. The van der Waals surface area contributed by atoms with E-state index in [4.69, 9.17) is 4.74 Å². The van der Waals surface area contributed by atoms with Gasteiger partial charge in [-0.25, -0.2) is 8.42 Å². The first-order valence-corrected chi connectivity index (χ1v) is 8.52. The van der Waals surface area contributed by atoms with Gasteiger partial charge in [0.25, 0.3) is 0 Å². The van der Waals surface area contributed by atoms with Gasteiger partial charge >= 0.3 is 0 Å². The maximum atomic E-state index is 11.4. The SMILES string of the molecule is CS(=O)(=O)N1CCN(CC2(C=O)CCOCC2)CC1. The standard InChI is InChI=1S/C12H22N2O4S/c1-19(16,17)14-6-4-13(5-7-14)10-12(11-15)2-8-18-9-3-12/h11H,2-10H2,1H3. The molecule has 7 heteroatoms. The van der Waals surface area contributed by atoms with Crippen LogP contribution in [0.3, 0.4) is 0 Å². The molecule has 0 aromatic rings.